The molecule has 0 bridgehead atoms. The summed E-state index contributed by atoms with van der Waals surface area (Å²) in [6.45, 7) is 6.21. The van der Waals surface area contributed by atoms with Gasteiger partial charge in [0.15, 0.2) is 0 Å². The molecule has 1 aliphatic heterocycles. The highest BCUT2D eigenvalue weighted by molar-refractivity contribution is 4.67. The lowest BCUT2D eigenvalue weighted by molar-refractivity contribution is -0.00000303. The summed E-state index contributed by atoms with van der Waals surface area (Å²) >= 11 is 0. The number of ether oxygens (including phenoxy) is 1. The first kappa shape index (κ1) is 11.2. The van der Waals surface area contributed by atoms with Crippen molar-refractivity contribution in [1.82, 2.24) is 5.32 Å². The quantitative estimate of drug-likeness (QED) is 0.542. The fourth-order valence-electron chi connectivity index (χ4n) is 1.35. The molecule has 3 heteroatoms. The van der Waals surface area contributed by atoms with Gasteiger partial charge < -0.3 is 22.5 Å². The van der Waals surface area contributed by atoms with Crippen LogP contribution in [-0.2, 0) is 4.74 Å². The van der Waals surface area contributed by atoms with Crippen LogP contribution in [0.4, 0.5) is 0 Å². The van der Waals surface area contributed by atoms with Crippen molar-refractivity contribution in [3.63, 3.8) is 0 Å². The van der Waals surface area contributed by atoms with Crippen molar-refractivity contribution in [2.75, 3.05) is 26.3 Å². The molecule has 0 aromatic carbocycles. The fourth-order valence-corrected chi connectivity index (χ4v) is 1.35. The largest absolute Gasteiger partial charge is 1.00 e. The van der Waals surface area contributed by atoms with Crippen molar-refractivity contribution in [2.24, 2.45) is 5.92 Å². The summed E-state index contributed by atoms with van der Waals surface area (Å²) in [7, 11) is 0. The van der Waals surface area contributed by atoms with Crippen LogP contribution in [0.25, 0.3) is 0 Å². The SMILES string of the molecule is CCOCC1CCCNC1.[Cl-]. The van der Waals surface area contributed by atoms with E-state index in [1.54, 1.807) is 0 Å². The minimum absolute atomic E-state index is 0. The van der Waals surface area contributed by atoms with E-state index in [9.17, 15) is 0 Å². The monoisotopic (exact) mass is 178 g/mol. The van der Waals surface area contributed by atoms with Crippen LogP contribution < -0.4 is 17.7 Å². The number of nitrogens with one attached hydrogen (secondary N) is 1. The molecule has 11 heavy (non-hydrogen) atoms. The molecule has 1 fully saturated rings. The maximum atomic E-state index is 5.33. The Hall–Kier alpha value is 0.210. The number of hydrogen-bond donors (Lipinski definition) is 1. The minimum Gasteiger partial charge on any atom is -1.00 e. The molecule has 0 amide bonds. The van der Waals surface area contributed by atoms with Gasteiger partial charge in [0.25, 0.3) is 0 Å². The molecule has 1 heterocycles. The third kappa shape index (κ3) is 4.62. The topological polar surface area (TPSA) is 21.3 Å². The van der Waals surface area contributed by atoms with Crippen molar-refractivity contribution in [3.8, 4) is 0 Å². The van der Waals surface area contributed by atoms with Gasteiger partial charge in [0, 0.05) is 13.2 Å². The molecule has 0 aliphatic carbocycles. The molecular formula is C8H17ClNO-. The van der Waals surface area contributed by atoms with Gasteiger partial charge in [0.05, 0.1) is 6.61 Å². The number of piperidine rings is 1. The smallest absolute Gasteiger partial charge is 0.0506 e. The van der Waals surface area contributed by atoms with E-state index in [2.05, 4.69) is 12.2 Å². The number of hydrogen-bond acceptors (Lipinski definition) is 2. The van der Waals surface area contributed by atoms with Crippen LogP contribution in [0.15, 0.2) is 0 Å². The van der Waals surface area contributed by atoms with Crippen LogP contribution >= 0.6 is 0 Å². The van der Waals surface area contributed by atoms with Gasteiger partial charge in [-0.2, -0.15) is 0 Å². The van der Waals surface area contributed by atoms with Gasteiger partial charge in [0.2, 0.25) is 0 Å². The van der Waals surface area contributed by atoms with Crippen molar-refractivity contribution >= 4 is 0 Å². The van der Waals surface area contributed by atoms with Gasteiger partial charge in [-0.05, 0) is 32.2 Å². The van der Waals surface area contributed by atoms with Crippen molar-refractivity contribution in [2.45, 2.75) is 19.8 Å². The van der Waals surface area contributed by atoms with E-state index in [0.717, 1.165) is 25.7 Å². The van der Waals surface area contributed by atoms with Gasteiger partial charge in [-0.3, -0.25) is 0 Å². The molecule has 1 unspecified atom stereocenters. The van der Waals surface area contributed by atoms with E-state index >= 15 is 0 Å². The Bertz CT molecular complexity index is 84.2. The van der Waals surface area contributed by atoms with Gasteiger partial charge in [0.1, 0.15) is 0 Å². The van der Waals surface area contributed by atoms with Crippen LogP contribution in [-0.4, -0.2) is 26.3 Å². The zero-order valence-electron chi connectivity index (χ0n) is 7.11. The molecule has 1 atom stereocenters. The summed E-state index contributed by atoms with van der Waals surface area (Å²) in [6.07, 6.45) is 2.66. The zero-order chi connectivity index (χ0) is 7.23. The highest BCUT2D eigenvalue weighted by atomic mass is 35.5. The van der Waals surface area contributed by atoms with Crippen LogP contribution in [0, 0.1) is 5.92 Å². The summed E-state index contributed by atoms with van der Waals surface area (Å²) in [6, 6.07) is 0. The van der Waals surface area contributed by atoms with Crippen molar-refractivity contribution < 1.29 is 17.1 Å². The summed E-state index contributed by atoms with van der Waals surface area (Å²) in [4.78, 5) is 0. The molecule has 1 aliphatic rings. The average molecular weight is 179 g/mol. The Labute approximate surface area is 75.1 Å². The third-order valence-electron chi connectivity index (χ3n) is 1.96. The highest BCUT2D eigenvalue weighted by Gasteiger charge is 2.11. The van der Waals surface area contributed by atoms with Gasteiger partial charge in [-0.25, -0.2) is 0 Å². The third-order valence-corrected chi connectivity index (χ3v) is 1.96. The van der Waals surface area contributed by atoms with E-state index in [-0.39, 0.29) is 12.4 Å². The van der Waals surface area contributed by atoms with E-state index in [0.29, 0.717) is 0 Å². The van der Waals surface area contributed by atoms with Crippen LogP contribution in [0.5, 0.6) is 0 Å². The van der Waals surface area contributed by atoms with E-state index in [1.807, 2.05) is 0 Å². The van der Waals surface area contributed by atoms with Crippen molar-refractivity contribution in [1.29, 1.82) is 0 Å². The molecule has 0 aromatic heterocycles. The van der Waals surface area contributed by atoms with Crippen LogP contribution in [0.2, 0.25) is 0 Å². The Balaban J connectivity index is 0.000001000. The molecule has 0 aromatic rings. The molecule has 1 N–H and O–H groups in total. The molecule has 68 valence electrons. The first-order valence-corrected chi connectivity index (χ1v) is 4.22. The lowest BCUT2D eigenvalue weighted by Crippen LogP contribution is -3.00. The Kier molecular flexibility index (Phi) is 7.02. The van der Waals surface area contributed by atoms with Gasteiger partial charge >= 0.3 is 0 Å². The standard InChI is InChI=1S/C8H17NO.ClH/c1-2-10-7-8-4-3-5-9-6-8;/h8-9H,2-7H2,1H3;1H/p-1. The summed E-state index contributed by atoms with van der Waals surface area (Å²) in [5.74, 6) is 0.772. The predicted molar refractivity (Wildman–Crippen MR) is 42.1 cm³/mol. The normalized spacial score (nSPS) is 24.3. The fraction of sp³-hybridized carbons (Fsp3) is 1.00. The second-order valence-corrected chi connectivity index (χ2v) is 2.87. The minimum atomic E-state index is 0. The maximum Gasteiger partial charge on any atom is 0.0506 e. The van der Waals surface area contributed by atoms with E-state index < -0.39 is 0 Å². The summed E-state index contributed by atoms with van der Waals surface area (Å²) < 4.78 is 5.33. The predicted octanol–water partition coefficient (Wildman–Crippen LogP) is -1.97. The maximum absolute atomic E-state index is 5.33. The molecule has 1 saturated heterocycles. The van der Waals surface area contributed by atoms with E-state index in [1.165, 1.54) is 19.4 Å². The second-order valence-electron chi connectivity index (χ2n) is 2.87. The molecule has 0 saturated carbocycles. The lowest BCUT2D eigenvalue weighted by Gasteiger charge is -2.21. The second kappa shape index (κ2) is 6.89. The molecular weight excluding hydrogens is 162 g/mol. The Morgan fingerprint density at radius 2 is 2.36 bits per heavy atom. The van der Waals surface area contributed by atoms with Gasteiger partial charge in [-0.15, -0.1) is 0 Å². The first-order chi connectivity index (χ1) is 4.93. The first-order valence-electron chi connectivity index (χ1n) is 4.22. The van der Waals surface area contributed by atoms with Crippen LogP contribution in [0.1, 0.15) is 19.8 Å². The summed E-state index contributed by atoms with van der Waals surface area (Å²) in [5, 5.41) is 3.36. The molecule has 1 rings (SSSR count). The average Bonchev–Trinajstić information content (AvgIpc) is 2.03. The molecule has 0 spiro atoms. The highest BCUT2D eigenvalue weighted by Crippen LogP contribution is 2.09. The lowest BCUT2D eigenvalue weighted by atomic mass is 10.0. The number of rotatable bonds is 3. The van der Waals surface area contributed by atoms with Crippen LogP contribution in [0.3, 0.4) is 0 Å². The Morgan fingerprint density at radius 1 is 1.55 bits per heavy atom. The zero-order valence-corrected chi connectivity index (χ0v) is 7.86. The Morgan fingerprint density at radius 3 is 2.91 bits per heavy atom. The van der Waals surface area contributed by atoms with E-state index in [4.69, 9.17) is 4.74 Å². The van der Waals surface area contributed by atoms with Gasteiger partial charge in [-0.1, -0.05) is 0 Å². The van der Waals surface area contributed by atoms with Crippen molar-refractivity contribution in [3.05, 3.63) is 0 Å². The molecule has 2 nitrogen and oxygen atoms in total. The molecule has 0 radical (unpaired) electrons. The number of halogens is 1. The summed E-state index contributed by atoms with van der Waals surface area (Å²) in [5.41, 5.74) is 0.